The van der Waals surface area contributed by atoms with Gasteiger partial charge in [-0.05, 0) is 31.2 Å². The first-order valence-corrected chi connectivity index (χ1v) is 7.51. The van der Waals surface area contributed by atoms with Crippen LogP contribution in [0.25, 0.3) is 11.4 Å². The Kier molecular flexibility index (Phi) is 4.65. The van der Waals surface area contributed by atoms with E-state index < -0.39 is 0 Å². The van der Waals surface area contributed by atoms with E-state index in [1.807, 2.05) is 30.3 Å². The highest BCUT2D eigenvalue weighted by Crippen LogP contribution is 2.34. The summed E-state index contributed by atoms with van der Waals surface area (Å²) in [5.41, 5.74) is 0.687. The van der Waals surface area contributed by atoms with Gasteiger partial charge in [-0.2, -0.15) is 4.98 Å². The third-order valence-electron chi connectivity index (χ3n) is 3.51. The summed E-state index contributed by atoms with van der Waals surface area (Å²) in [5, 5.41) is 13.8. The molecule has 7 heteroatoms. The van der Waals surface area contributed by atoms with Gasteiger partial charge in [0.1, 0.15) is 5.75 Å². The molecular formula is C18H16N2O5. The lowest BCUT2D eigenvalue weighted by molar-refractivity contribution is 0.101. The van der Waals surface area contributed by atoms with Crippen LogP contribution in [0.3, 0.4) is 0 Å². The van der Waals surface area contributed by atoms with Crippen molar-refractivity contribution in [3.63, 3.8) is 0 Å². The van der Waals surface area contributed by atoms with Crippen LogP contribution < -0.4 is 9.47 Å². The molecule has 0 saturated carbocycles. The highest BCUT2D eigenvalue weighted by Gasteiger charge is 2.19. The number of nitrogens with zero attached hydrogens (tertiary/aromatic N) is 2. The fourth-order valence-electron chi connectivity index (χ4n) is 2.29. The Hall–Kier alpha value is -3.35. The van der Waals surface area contributed by atoms with Crippen molar-refractivity contribution in [2.45, 2.75) is 13.5 Å². The molecule has 0 saturated heterocycles. The lowest BCUT2D eigenvalue weighted by Gasteiger charge is -2.08. The normalized spacial score (nSPS) is 10.5. The van der Waals surface area contributed by atoms with Crippen LogP contribution in [0.5, 0.6) is 17.2 Å². The Morgan fingerprint density at radius 2 is 2.00 bits per heavy atom. The van der Waals surface area contributed by atoms with Crippen LogP contribution in [0.2, 0.25) is 0 Å². The summed E-state index contributed by atoms with van der Waals surface area (Å²) in [6.07, 6.45) is 0. The molecule has 25 heavy (non-hydrogen) atoms. The maximum atomic E-state index is 11.8. The van der Waals surface area contributed by atoms with E-state index >= 15 is 0 Å². The molecule has 1 N–H and O–H groups in total. The molecule has 0 aliphatic carbocycles. The van der Waals surface area contributed by atoms with Gasteiger partial charge in [-0.25, -0.2) is 0 Å². The fourth-order valence-corrected chi connectivity index (χ4v) is 2.29. The molecule has 0 amide bonds. The van der Waals surface area contributed by atoms with E-state index in [4.69, 9.17) is 14.0 Å². The summed E-state index contributed by atoms with van der Waals surface area (Å²) in [6, 6.07) is 12.1. The maximum absolute atomic E-state index is 11.8. The SMILES string of the molecule is COc1cc(-c2noc(COc3ccccc3)n2)c(C(C)=O)cc1O. The summed E-state index contributed by atoms with van der Waals surface area (Å²) in [5.74, 6) is 1.01. The van der Waals surface area contributed by atoms with Gasteiger partial charge in [0.15, 0.2) is 23.9 Å². The molecule has 0 bridgehead atoms. The number of hydrogen-bond donors (Lipinski definition) is 1. The standard InChI is InChI=1S/C18H16N2O5/c1-11(21)13-8-15(22)16(23-2)9-14(13)18-19-17(25-20-18)10-24-12-6-4-3-5-7-12/h3-9,22H,10H2,1-2H3. The number of aromatic nitrogens is 2. The van der Waals surface area contributed by atoms with Gasteiger partial charge in [0.2, 0.25) is 5.82 Å². The molecule has 1 heterocycles. The number of phenolic OH excluding ortho intramolecular Hbond substituents is 1. The minimum atomic E-state index is -0.236. The van der Waals surface area contributed by atoms with Crippen molar-refractivity contribution < 1.29 is 23.9 Å². The van der Waals surface area contributed by atoms with Crippen LogP contribution in [0.15, 0.2) is 47.0 Å². The number of para-hydroxylation sites is 1. The van der Waals surface area contributed by atoms with Crippen LogP contribution in [-0.4, -0.2) is 28.1 Å². The Morgan fingerprint density at radius 3 is 2.68 bits per heavy atom. The second-order valence-electron chi connectivity index (χ2n) is 5.24. The van der Waals surface area contributed by atoms with Crippen molar-refractivity contribution in [1.82, 2.24) is 10.1 Å². The average molecular weight is 340 g/mol. The van der Waals surface area contributed by atoms with Gasteiger partial charge in [-0.1, -0.05) is 23.4 Å². The molecular weight excluding hydrogens is 324 g/mol. The Bertz CT molecular complexity index is 890. The molecule has 2 aromatic carbocycles. The minimum Gasteiger partial charge on any atom is -0.504 e. The number of benzene rings is 2. The van der Waals surface area contributed by atoms with Crippen LogP contribution in [0.4, 0.5) is 0 Å². The maximum Gasteiger partial charge on any atom is 0.264 e. The van der Waals surface area contributed by atoms with E-state index in [0.29, 0.717) is 11.3 Å². The first-order valence-electron chi connectivity index (χ1n) is 7.51. The second kappa shape index (κ2) is 7.04. The molecule has 1 aromatic heterocycles. The fraction of sp³-hybridized carbons (Fsp3) is 0.167. The highest BCUT2D eigenvalue weighted by molar-refractivity contribution is 6.01. The average Bonchev–Trinajstić information content (AvgIpc) is 3.09. The van der Waals surface area contributed by atoms with Crippen LogP contribution >= 0.6 is 0 Å². The number of ketones is 1. The van der Waals surface area contributed by atoms with Gasteiger partial charge in [-0.3, -0.25) is 4.79 Å². The van der Waals surface area contributed by atoms with E-state index in [2.05, 4.69) is 10.1 Å². The first kappa shape index (κ1) is 16.5. The zero-order chi connectivity index (χ0) is 17.8. The highest BCUT2D eigenvalue weighted by atomic mass is 16.5. The number of ether oxygens (including phenoxy) is 2. The van der Waals surface area contributed by atoms with Crippen molar-refractivity contribution in [2.24, 2.45) is 0 Å². The Morgan fingerprint density at radius 1 is 1.24 bits per heavy atom. The largest absolute Gasteiger partial charge is 0.504 e. The summed E-state index contributed by atoms with van der Waals surface area (Å²) >= 11 is 0. The number of carbonyl (C=O) groups is 1. The van der Waals surface area contributed by atoms with Crippen molar-refractivity contribution in [3.8, 4) is 28.6 Å². The molecule has 0 spiro atoms. The van der Waals surface area contributed by atoms with Gasteiger partial charge in [0.25, 0.3) is 5.89 Å². The van der Waals surface area contributed by atoms with E-state index in [9.17, 15) is 9.90 Å². The molecule has 3 aromatic rings. The molecule has 0 atom stereocenters. The molecule has 0 aliphatic rings. The van der Waals surface area contributed by atoms with Crippen molar-refractivity contribution in [1.29, 1.82) is 0 Å². The second-order valence-corrected chi connectivity index (χ2v) is 5.24. The van der Waals surface area contributed by atoms with Crippen molar-refractivity contribution in [2.75, 3.05) is 7.11 Å². The summed E-state index contributed by atoms with van der Waals surface area (Å²) in [7, 11) is 1.42. The molecule has 0 fully saturated rings. The zero-order valence-corrected chi connectivity index (χ0v) is 13.7. The van der Waals surface area contributed by atoms with Gasteiger partial charge in [0, 0.05) is 11.1 Å². The lowest BCUT2D eigenvalue weighted by atomic mass is 10.0. The zero-order valence-electron chi connectivity index (χ0n) is 13.7. The molecule has 0 unspecified atom stereocenters. The van der Waals surface area contributed by atoms with Crippen LogP contribution in [-0.2, 0) is 6.61 Å². The monoisotopic (exact) mass is 340 g/mol. The number of rotatable bonds is 6. The van der Waals surface area contributed by atoms with Gasteiger partial charge in [-0.15, -0.1) is 0 Å². The third-order valence-corrected chi connectivity index (χ3v) is 3.51. The summed E-state index contributed by atoms with van der Waals surface area (Å²) < 4.78 is 15.8. The molecule has 0 aliphatic heterocycles. The third kappa shape index (κ3) is 3.60. The number of phenols is 1. The topological polar surface area (TPSA) is 94.7 Å². The van der Waals surface area contributed by atoms with Gasteiger partial charge in [0.05, 0.1) is 7.11 Å². The number of aromatic hydroxyl groups is 1. The molecule has 128 valence electrons. The number of hydrogen-bond acceptors (Lipinski definition) is 7. The lowest BCUT2D eigenvalue weighted by Crippen LogP contribution is -1.99. The first-order chi connectivity index (χ1) is 12.1. The quantitative estimate of drug-likeness (QED) is 0.688. The molecule has 7 nitrogen and oxygen atoms in total. The van der Waals surface area contributed by atoms with E-state index in [-0.39, 0.29) is 41.2 Å². The number of Topliss-reactive ketones (excluding diaryl/α,β-unsaturated/α-hetero) is 1. The van der Waals surface area contributed by atoms with E-state index in [0.717, 1.165) is 0 Å². The predicted molar refractivity (Wildman–Crippen MR) is 88.7 cm³/mol. The Labute approximate surface area is 143 Å². The van der Waals surface area contributed by atoms with Crippen molar-refractivity contribution >= 4 is 5.78 Å². The summed E-state index contributed by atoms with van der Waals surface area (Å²) in [6.45, 7) is 1.49. The summed E-state index contributed by atoms with van der Waals surface area (Å²) in [4.78, 5) is 16.1. The minimum absolute atomic E-state index is 0.0988. The van der Waals surface area contributed by atoms with Crippen LogP contribution in [0.1, 0.15) is 23.2 Å². The van der Waals surface area contributed by atoms with Crippen molar-refractivity contribution in [3.05, 3.63) is 53.9 Å². The van der Waals surface area contributed by atoms with E-state index in [1.165, 1.54) is 26.2 Å². The molecule has 3 rings (SSSR count). The number of carbonyl (C=O) groups excluding carboxylic acids is 1. The van der Waals surface area contributed by atoms with Gasteiger partial charge < -0.3 is 19.1 Å². The van der Waals surface area contributed by atoms with Crippen LogP contribution in [0, 0.1) is 0 Å². The number of methoxy groups -OCH3 is 1. The van der Waals surface area contributed by atoms with Gasteiger partial charge >= 0.3 is 0 Å². The smallest absolute Gasteiger partial charge is 0.264 e. The molecule has 0 radical (unpaired) electrons. The Balaban J connectivity index is 1.87. The predicted octanol–water partition coefficient (Wildman–Crippen LogP) is 3.23. The van der Waals surface area contributed by atoms with E-state index in [1.54, 1.807) is 0 Å².